The SMILES string of the molecule is C=S(CC)c1ccc(C)nc1-c1nc2cc(C)cnc2n1C. The zero-order valence-corrected chi connectivity index (χ0v) is 14.2. The van der Waals surface area contributed by atoms with E-state index in [9.17, 15) is 0 Å². The zero-order chi connectivity index (χ0) is 15.9. The molecule has 0 spiro atoms. The molecule has 3 aromatic heterocycles. The lowest BCUT2D eigenvalue weighted by atomic mass is 10.3. The van der Waals surface area contributed by atoms with E-state index < -0.39 is 0 Å². The van der Waals surface area contributed by atoms with E-state index in [1.165, 1.54) is 4.90 Å². The van der Waals surface area contributed by atoms with Crippen molar-refractivity contribution < 1.29 is 0 Å². The normalized spacial score (nSPS) is 12.7. The van der Waals surface area contributed by atoms with Gasteiger partial charge in [0.05, 0.1) is 0 Å². The van der Waals surface area contributed by atoms with Crippen LogP contribution in [0.5, 0.6) is 0 Å². The fraction of sp³-hybridized carbons (Fsp3) is 0.294. The van der Waals surface area contributed by atoms with Crippen molar-refractivity contribution in [3.05, 3.63) is 35.7 Å². The first-order valence-electron chi connectivity index (χ1n) is 7.29. The zero-order valence-electron chi connectivity index (χ0n) is 13.4. The third kappa shape index (κ3) is 2.46. The highest BCUT2D eigenvalue weighted by Gasteiger charge is 2.16. The molecule has 0 amide bonds. The van der Waals surface area contributed by atoms with E-state index in [-0.39, 0.29) is 10.5 Å². The largest absolute Gasteiger partial charge is 0.310 e. The lowest BCUT2D eigenvalue weighted by molar-refractivity contribution is 0.924. The van der Waals surface area contributed by atoms with Gasteiger partial charge in [0.2, 0.25) is 0 Å². The van der Waals surface area contributed by atoms with Crippen molar-refractivity contribution in [3.8, 4) is 11.5 Å². The first-order valence-corrected chi connectivity index (χ1v) is 8.85. The number of pyridine rings is 2. The van der Waals surface area contributed by atoms with Gasteiger partial charge in [-0.15, -0.1) is 0 Å². The van der Waals surface area contributed by atoms with E-state index in [0.29, 0.717) is 0 Å². The van der Waals surface area contributed by atoms with Crippen molar-refractivity contribution in [2.75, 3.05) is 5.75 Å². The van der Waals surface area contributed by atoms with Crippen LogP contribution in [0.4, 0.5) is 0 Å². The third-order valence-corrected chi connectivity index (χ3v) is 5.36. The molecule has 0 saturated carbocycles. The van der Waals surface area contributed by atoms with Gasteiger partial charge in [-0.25, -0.2) is 15.0 Å². The molecular weight excluding hydrogens is 292 g/mol. The van der Waals surface area contributed by atoms with Gasteiger partial charge in [-0.1, -0.05) is 12.8 Å². The molecule has 22 heavy (non-hydrogen) atoms. The Labute approximate surface area is 133 Å². The first kappa shape index (κ1) is 14.9. The van der Waals surface area contributed by atoms with E-state index in [1.807, 2.05) is 37.7 Å². The summed E-state index contributed by atoms with van der Waals surface area (Å²) < 4.78 is 2.02. The van der Waals surface area contributed by atoms with Crippen LogP contribution in [-0.2, 0) is 7.05 Å². The van der Waals surface area contributed by atoms with E-state index >= 15 is 0 Å². The van der Waals surface area contributed by atoms with Crippen LogP contribution in [0.25, 0.3) is 22.7 Å². The number of imidazole rings is 1. The summed E-state index contributed by atoms with van der Waals surface area (Å²) in [5.74, 6) is 6.14. The highest BCUT2D eigenvalue weighted by atomic mass is 32.2. The molecule has 114 valence electrons. The summed E-state index contributed by atoms with van der Waals surface area (Å²) in [6.45, 7) is 6.19. The molecule has 0 aliphatic heterocycles. The molecular formula is C17H20N4S. The van der Waals surface area contributed by atoms with Crippen LogP contribution in [0.3, 0.4) is 0 Å². The summed E-state index contributed by atoms with van der Waals surface area (Å²) in [5, 5.41) is 0. The lowest BCUT2D eigenvalue weighted by Crippen LogP contribution is -1.99. The highest BCUT2D eigenvalue weighted by molar-refractivity contribution is 8.14. The summed E-state index contributed by atoms with van der Waals surface area (Å²) >= 11 is 0. The molecule has 0 saturated heterocycles. The number of aryl methyl sites for hydroxylation is 3. The monoisotopic (exact) mass is 312 g/mol. The number of hydrogen-bond donors (Lipinski definition) is 0. The van der Waals surface area contributed by atoms with Crippen LogP contribution in [0.15, 0.2) is 29.3 Å². The maximum atomic E-state index is 4.78. The molecule has 1 unspecified atom stereocenters. The fourth-order valence-electron chi connectivity index (χ4n) is 2.48. The summed E-state index contributed by atoms with van der Waals surface area (Å²) in [6, 6.07) is 6.24. The highest BCUT2D eigenvalue weighted by Crippen LogP contribution is 2.34. The first-order chi connectivity index (χ1) is 10.5. The Hall–Kier alpha value is -2.01. The fourth-order valence-corrected chi connectivity index (χ4v) is 3.46. The van der Waals surface area contributed by atoms with Gasteiger partial charge in [0, 0.05) is 23.8 Å². The van der Waals surface area contributed by atoms with Gasteiger partial charge < -0.3 is 4.57 Å². The summed E-state index contributed by atoms with van der Waals surface area (Å²) in [5.41, 5.74) is 4.82. The molecule has 5 heteroatoms. The average Bonchev–Trinajstić information content (AvgIpc) is 2.82. The molecule has 3 rings (SSSR count). The van der Waals surface area contributed by atoms with Crippen LogP contribution in [0.2, 0.25) is 0 Å². The molecule has 3 aromatic rings. The number of nitrogens with zero attached hydrogens (tertiary/aromatic N) is 4. The van der Waals surface area contributed by atoms with Crippen molar-refractivity contribution in [2.45, 2.75) is 25.7 Å². The maximum Gasteiger partial charge on any atom is 0.161 e. The topological polar surface area (TPSA) is 43.6 Å². The number of aromatic nitrogens is 4. The van der Waals surface area contributed by atoms with Crippen molar-refractivity contribution in [1.29, 1.82) is 0 Å². The minimum Gasteiger partial charge on any atom is -0.310 e. The number of hydrogen-bond acceptors (Lipinski definition) is 3. The Morgan fingerprint density at radius 1 is 1.23 bits per heavy atom. The van der Waals surface area contributed by atoms with Gasteiger partial charge in [-0.2, -0.15) is 10.5 Å². The second-order valence-corrected chi connectivity index (χ2v) is 7.43. The second-order valence-electron chi connectivity index (χ2n) is 5.43. The molecule has 4 nitrogen and oxygen atoms in total. The van der Waals surface area contributed by atoms with Crippen LogP contribution in [-0.4, -0.2) is 31.1 Å². The average molecular weight is 312 g/mol. The van der Waals surface area contributed by atoms with E-state index in [2.05, 4.69) is 29.9 Å². The standard InChI is InChI=1S/C17H20N4S/c1-6-22(5)14-8-7-12(3)19-15(14)17-20-13-9-11(2)10-18-16(13)21(17)4/h7-10H,5-6H2,1-4H3. The summed E-state index contributed by atoms with van der Waals surface area (Å²) in [7, 11) is 1.91. The van der Waals surface area contributed by atoms with E-state index in [4.69, 9.17) is 9.97 Å². The Kier molecular flexibility index (Phi) is 3.83. The van der Waals surface area contributed by atoms with Crippen molar-refractivity contribution in [2.24, 2.45) is 7.05 Å². The molecule has 0 aliphatic carbocycles. The Balaban J connectivity index is 2.29. The van der Waals surface area contributed by atoms with Gasteiger partial charge in [-0.3, -0.25) is 0 Å². The van der Waals surface area contributed by atoms with E-state index in [1.54, 1.807) is 0 Å². The number of rotatable bonds is 3. The minimum atomic E-state index is -0.0813. The molecule has 0 N–H and O–H groups in total. The van der Waals surface area contributed by atoms with E-state index in [0.717, 1.165) is 39.7 Å². The van der Waals surface area contributed by atoms with Crippen molar-refractivity contribution >= 4 is 27.5 Å². The predicted octanol–water partition coefficient (Wildman–Crippen LogP) is 3.73. The smallest absolute Gasteiger partial charge is 0.161 e. The lowest BCUT2D eigenvalue weighted by Gasteiger charge is -2.11. The molecule has 0 fully saturated rings. The second kappa shape index (κ2) is 5.65. The summed E-state index contributed by atoms with van der Waals surface area (Å²) in [4.78, 5) is 15.2. The Morgan fingerprint density at radius 2 is 2.00 bits per heavy atom. The Morgan fingerprint density at radius 3 is 2.73 bits per heavy atom. The number of fused-ring (bicyclic) bond motifs is 1. The minimum absolute atomic E-state index is 0.0813. The molecule has 0 aromatic carbocycles. The third-order valence-electron chi connectivity index (χ3n) is 3.71. The van der Waals surface area contributed by atoms with Gasteiger partial charge in [0.15, 0.2) is 11.5 Å². The quantitative estimate of drug-likeness (QED) is 0.692. The molecule has 0 aliphatic rings. The van der Waals surface area contributed by atoms with Gasteiger partial charge in [-0.05, 0) is 43.4 Å². The predicted molar refractivity (Wildman–Crippen MR) is 94.7 cm³/mol. The van der Waals surface area contributed by atoms with Crippen LogP contribution >= 0.6 is 10.5 Å². The maximum absolute atomic E-state index is 4.78. The Bertz CT molecular complexity index is 880. The molecule has 0 bridgehead atoms. The molecule has 1 atom stereocenters. The van der Waals surface area contributed by atoms with Crippen LogP contribution in [0, 0.1) is 13.8 Å². The van der Waals surface area contributed by atoms with Crippen LogP contribution < -0.4 is 0 Å². The molecule has 3 heterocycles. The summed E-state index contributed by atoms with van der Waals surface area (Å²) in [6.07, 6.45) is 1.87. The van der Waals surface area contributed by atoms with Crippen LogP contribution in [0.1, 0.15) is 18.2 Å². The van der Waals surface area contributed by atoms with Gasteiger partial charge in [0.1, 0.15) is 11.2 Å². The van der Waals surface area contributed by atoms with Crippen molar-refractivity contribution in [1.82, 2.24) is 19.5 Å². The van der Waals surface area contributed by atoms with Crippen molar-refractivity contribution in [3.63, 3.8) is 0 Å². The van der Waals surface area contributed by atoms with Gasteiger partial charge in [0.25, 0.3) is 0 Å². The molecule has 0 radical (unpaired) electrons. The van der Waals surface area contributed by atoms with Gasteiger partial charge >= 0.3 is 0 Å².